The third-order valence-electron chi connectivity index (χ3n) is 4.77. The standard InChI is InChI=1S/C23H22N2/c1-17-8-2-5-11-21(17)25-16-19-14-13-18-9-3-4-10-20(18)23(19)22-12-6-7-15-24-22/h2-15,22,24-25H,16H2,1H3. The largest absolute Gasteiger partial charge is 0.381 e. The van der Waals surface area contributed by atoms with Crippen molar-refractivity contribution in [2.75, 3.05) is 5.32 Å². The highest BCUT2D eigenvalue weighted by molar-refractivity contribution is 5.87. The van der Waals surface area contributed by atoms with E-state index in [1.807, 2.05) is 12.3 Å². The third-order valence-corrected chi connectivity index (χ3v) is 4.77. The number of hydrogen-bond donors (Lipinski definition) is 2. The van der Waals surface area contributed by atoms with Crippen LogP contribution in [-0.4, -0.2) is 0 Å². The Kier molecular flexibility index (Phi) is 4.26. The zero-order chi connectivity index (χ0) is 17.1. The summed E-state index contributed by atoms with van der Waals surface area (Å²) in [6, 6.07) is 21.7. The summed E-state index contributed by atoms with van der Waals surface area (Å²) in [5.41, 5.74) is 5.12. The van der Waals surface area contributed by atoms with E-state index in [2.05, 4.69) is 90.4 Å². The van der Waals surface area contributed by atoms with E-state index in [0.29, 0.717) is 0 Å². The molecular formula is C23H22N2. The Balaban J connectivity index is 1.74. The second kappa shape index (κ2) is 6.86. The molecule has 1 aliphatic heterocycles. The lowest BCUT2D eigenvalue weighted by atomic mass is 9.92. The molecule has 1 aliphatic rings. The molecule has 2 heteroatoms. The summed E-state index contributed by atoms with van der Waals surface area (Å²) in [7, 11) is 0. The number of hydrogen-bond acceptors (Lipinski definition) is 2. The number of anilines is 1. The van der Waals surface area contributed by atoms with E-state index in [1.54, 1.807) is 0 Å². The normalized spacial score (nSPS) is 16.0. The van der Waals surface area contributed by atoms with Gasteiger partial charge in [0.05, 0.1) is 6.04 Å². The van der Waals surface area contributed by atoms with Gasteiger partial charge < -0.3 is 10.6 Å². The Morgan fingerprint density at radius 1 is 0.920 bits per heavy atom. The minimum Gasteiger partial charge on any atom is -0.381 e. The highest BCUT2D eigenvalue weighted by Gasteiger charge is 2.16. The maximum Gasteiger partial charge on any atom is 0.0705 e. The molecule has 0 radical (unpaired) electrons. The minimum atomic E-state index is 0.199. The van der Waals surface area contributed by atoms with Gasteiger partial charge in [-0.2, -0.15) is 0 Å². The lowest BCUT2D eigenvalue weighted by Crippen LogP contribution is -2.18. The van der Waals surface area contributed by atoms with Gasteiger partial charge in [-0.05, 0) is 52.7 Å². The van der Waals surface area contributed by atoms with Crippen LogP contribution in [0.15, 0.2) is 85.1 Å². The highest BCUT2D eigenvalue weighted by atomic mass is 14.9. The number of para-hydroxylation sites is 1. The van der Waals surface area contributed by atoms with E-state index in [0.717, 1.165) is 6.54 Å². The molecule has 2 N–H and O–H groups in total. The van der Waals surface area contributed by atoms with Crippen LogP contribution < -0.4 is 10.6 Å². The molecule has 124 valence electrons. The van der Waals surface area contributed by atoms with Crippen LogP contribution in [0.5, 0.6) is 0 Å². The van der Waals surface area contributed by atoms with Crippen LogP contribution in [-0.2, 0) is 6.54 Å². The number of nitrogens with one attached hydrogen (secondary N) is 2. The summed E-state index contributed by atoms with van der Waals surface area (Å²) in [6.07, 6.45) is 8.39. The first kappa shape index (κ1) is 15.5. The van der Waals surface area contributed by atoms with Gasteiger partial charge >= 0.3 is 0 Å². The molecule has 0 aromatic heterocycles. The Labute approximate surface area is 148 Å². The Morgan fingerprint density at radius 2 is 1.76 bits per heavy atom. The number of dihydropyridines is 1. The third kappa shape index (κ3) is 3.16. The molecule has 25 heavy (non-hydrogen) atoms. The van der Waals surface area contributed by atoms with Crippen molar-refractivity contribution < 1.29 is 0 Å². The van der Waals surface area contributed by atoms with Gasteiger partial charge in [-0.25, -0.2) is 0 Å². The fourth-order valence-electron chi connectivity index (χ4n) is 3.45. The number of rotatable bonds is 4. The molecule has 4 rings (SSSR count). The average molecular weight is 326 g/mol. The maximum atomic E-state index is 3.60. The Morgan fingerprint density at radius 3 is 2.60 bits per heavy atom. The van der Waals surface area contributed by atoms with E-state index in [-0.39, 0.29) is 6.04 Å². The first-order valence-corrected chi connectivity index (χ1v) is 8.72. The first-order valence-electron chi connectivity index (χ1n) is 8.72. The monoisotopic (exact) mass is 326 g/mol. The van der Waals surface area contributed by atoms with Gasteiger partial charge in [0.15, 0.2) is 0 Å². The van der Waals surface area contributed by atoms with Crippen LogP contribution in [0.4, 0.5) is 5.69 Å². The van der Waals surface area contributed by atoms with E-state index in [4.69, 9.17) is 0 Å². The van der Waals surface area contributed by atoms with Crippen LogP contribution in [0.1, 0.15) is 22.7 Å². The van der Waals surface area contributed by atoms with Crippen molar-refractivity contribution in [2.45, 2.75) is 19.5 Å². The molecule has 1 atom stereocenters. The molecule has 0 amide bonds. The minimum absolute atomic E-state index is 0.199. The maximum absolute atomic E-state index is 3.60. The van der Waals surface area contributed by atoms with E-state index in [1.165, 1.54) is 33.2 Å². The molecule has 0 saturated heterocycles. The van der Waals surface area contributed by atoms with Crippen molar-refractivity contribution in [3.63, 3.8) is 0 Å². The van der Waals surface area contributed by atoms with Crippen LogP contribution in [0, 0.1) is 6.92 Å². The molecule has 0 fully saturated rings. The van der Waals surface area contributed by atoms with Gasteiger partial charge in [-0.15, -0.1) is 0 Å². The van der Waals surface area contributed by atoms with Crippen LogP contribution in [0.25, 0.3) is 10.8 Å². The molecule has 0 saturated carbocycles. The SMILES string of the molecule is Cc1ccccc1NCc1ccc2ccccc2c1C1C=CC=CN1. The first-order chi connectivity index (χ1) is 12.3. The second-order valence-corrected chi connectivity index (χ2v) is 6.42. The summed E-state index contributed by atoms with van der Waals surface area (Å²) in [6.45, 7) is 2.95. The summed E-state index contributed by atoms with van der Waals surface area (Å²) < 4.78 is 0. The topological polar surface area (TPSA) is 24.1 Å². The molecular weight excluding hydrogens is 304 g/mol. The molecule has 0 bridgehead atoms. The fourth-order valence-corrected chi connectivity index (χ4v) is 3.45. The zero-order valence-corrected chi connectivity index (χ0v) is 14.4. The van der Waals surface area contributed by atoms with Crippen molar-refractivity contribution in [1.29, 1.82) is 0 Å². The predicted molar refractivity (Wildman–Crippen MR) is 107 cm³/mol. The molecule has 3 aromatic rings. The van der Waals surface area contributed by atoms with Gasteiger partial charge in [0.2, 0.25) is 0 Å². The number of fused-ring (bicyclic) bond motifs is 1. The van der Waals surface area contributed by atoms with Gasteiger partial charge in [0.25, 0.3) is 0 Å². The molecule has 0 aliphatic carbocycles. The quantitative estimate of drug-likeness (QED) is 0.664. The van der Waals surface area contributed by atoms with Crippen molar-refractivity contribution in [3.8, 4) is 0 Å². The number of benzene rings is 3. The predicted octanol–water partition coefficient (Wildman–Crippen LogP) is 5.47. The Bertz CT molecular complexity index is 953. The molecule has 0 spiro atoms. The lowest BCUT2D eigenvalue weighted by molar-refractivity contribution is 0.743. The second-order valence-electron chi connectivity index (χ2n) is 6.42. The molecule has 3 aromatic carbocycles. The van der Waals surface area contributed by atoms with Crippen LogP contribution in [0.3, 0.4) is 0 Å². The van der Waals surface area contributed by atoms with Crippen molar-refractivity contribution in [3.05, 3.63) is 102 Å². The van der Waals surface area contributed by atoms with E-state index in [9.17, 15) is 0 Å². The Hall–Kier alpha value is -3.00. The average Bonchev–Trinajstić information content (AvgIpc) is 2.67. The molecule has 2 nitrogen and oxygen atoms in total. The van der Waals surface area contributed by atoms with Crippen molar-refractivity contribution in [2.24, 2.45) is 0 Å². The van der Waals surface area contributed by atoms with Crippen molar-refractivity contribution >= 4 is 16.5 Å². The number of aryl methyl sites for hydroxylation is 1. The zero-order valence-electron chi connectivity index (χ0n) is 14.4. The molecule has 1 heterocycles. The van der Waals surface area contributed by atoms with Crippen LogP contribution >= 0.6 is 0 Å². The van der Waals surface area contributed by atoms with Gasteiger partial charge in [-0.3, -0.25) is 0 Å². The lowest BCUT2D eigenvalue weighted by Gasteiger charge is -2.23. The highest BCUT2D eigenvalue weighted by Crippen LogP contribution is 2.30. The summed E-state index contributed by atoms with van der Waals surface area (Å²) >= 11 is 0. The van der Waals surface area contributed by atoms with E-state index >= 15 is 0 Å². The summed E-state index contributed by atoms with van der Waals surface area (Å²) in [5.74, 6) is 0. The number of allylic oxidation sites excluding steroid dienone is 2. The fraction of sp³-hybridized carbons (Fsp3) is 0.130. The van der Waals surface area contributed by atoms with Gasteiger partial charge in [0.1, 0.15) is 0 Å². The van der Waals surface area contributed by atoms with Crippen LogP contribution in [0.2, 0.25) is 0 Å². The summed E-state index contributed by atoms with van der Waals surface area (Å²) in [5, 5.41) is 9.67. The summed E-state index contributed by atoms with van der Waals surface area (Å²) in [4.78, 5) is 0. The molecule has 1 unspecified atom stereocenters. The van der Waals surface area contributed by atoms with E-state index < -0.39 is 0 Å². The smallest absolute Gasteiger partial charge is 0.0705 e. The van der Waals surface area contributed by atoms with Gasteiger partial charge in [0, 0.05) is 12.2 Å². The van der Waals surface area contributed by atoms with Gasteiger partial charge in [-0.1, -0.05) is 66.7 Å². The van der Waals surface area contributed by atoms with Crippen molar-refractivity contribution in [1.82, 2.24) is 5.32 Å².